The van der Waals surface area contributed by atoms with Gasteiger partial charge in [-0.25, -0.2) is 4.79 Å². The normalized spacial score (nSPS) is 17.1. The Balaban J connectivity index is 2.31. The highest BCUT2D eigenvalue weighted by molar-refractivity contribution is 7.11. The third kappa shape index (κ3) is 1.89. The van der Waals surface area contributed by atoms with Crippen LogP contribution in [0.4, 0.5) is 5.00 Å². The zero-order valence-corrected chi connectivity index (χ0v) is 11.1. The first kappa shape index (κ1) is 13.0. The SMILES string of the molecule is Cc1nsc(N(C)C(=O)C2(N)CCC2)c1C(=O)O. The molecule has 1 heterocycles. The molecule has 0 aromatic carbocycles. The quantitative estimate of drug-likeness (QED) is 0.853. The average molecular weight is 269 g/mol. The second-order valence-electron chi connectivity index (χ2n) is 4.63. The number of aromatic carboxylic acids is 1. The van der Waals surface area contributed by atoms with Crippen LogP contribution in [0.15, 0.2) is 0 Å². The van der Waals surface area contributed by atoms with E-state index in [4.69, 9.17) is 10.8 Å². The minimum Gasteiger partial charge on any atom is -0.478 e. The Kier molecular flexibility index (Phi) is 3.12. The standard InChI is InChI=1S/C11H15N3O3S/c1-6-7(9(15)16)8(18-13-6)14(2)10(17)11(12)4-3-5-11/h3-5,12H2,1-2H3,(H,15,16). The molecule has 18 heavy (non-hydrogen) atoms. The molecule has 1 saturated carbocycles. The van der Waals surface area contributed by atoms with E-state index >= 15 is 0 Å². The maximum Gasteiger partial charge on any atom is 0.340 e. The lowest BCUT2D eigenvalue weighted by molar-refractivity contribution is -0.126. The number of rotatable bonds is 3. The lowest BCUT2D eigenvalue weighted by Crippen LogP contribution is -2.59. The fourth-order valence-corrected chi connectivity index (χ4v) is 2.88. The van der Waals surface area contributed by atoms with Crippen molar-refractivity contribution in [3.63, 3.8) is 0 Å². The number of carbonyl (C=O) groups is 2. The maximum absolute atomic E-state index is 12.2. The smallest absolute Gasteiger partial charge is 0.340 e. The summed E-state index contributed by atoms with van der Waals surface area (Å²) in [6.45, 7) is 1.61. The number of carbonyl (C=O) groups excluding carboxylic acids is 1. The van der Waals surface area contributed by atoms with Gasteiger partial charge in [0, 0.05) is 7.05 Å². The summed E-state index contributed by atoms with van der Waals surface area (Å²) in [4.78, 5) is 24.7. The third-order valence-corrected chi connectivity index (χ3v) is 4.36. The molecule has 1 aromatic rings. The Morgan fingerprint density at radius 1 is 1.50 bits per heavy atom. The van der Waals surface area contributed by atoms with Gasteiger partial charge in [0.2, 0.25) is 5.91 Å². The molecule has 0 spiro atoms. The highest BCUT2D eigenvalue weighted by atomic mass is 32.1. The molecule has 0 unspecified atom stereocenters. The first-order chi connectivity index (χ1) is 8.37. The van der Waals surface area contributed by atoms with Crippen molar-refractivity contribution < 1.29 is 14.7 Å². The number of aryl methyl sites for hydroxylation is 1. The predicted octanol–water partition coefficient (Wildman–Crippen LogP) is 0.994. The molecule has 1 aliphatic rings. The number of carboxylic acids is 1. The molecule has 1 fully saturated rings. The van der Waals surface area contributed by atoms with Crippen LogP contribution in [0.3, 0.4) is 0 Å². The molecule has 0 saturated heterocycles. The molecular weight excluding hydrogens is 254 g/mol. The van der Waals surface area contributed by atoms with Gasteiger partial charge in [0.1, 0.15) is 10.6 Å². The second kappa shape index (κ2) is 4.33. The number of likely N-dealkylation sites (N-methyl/N-ethyl adjacent to an activating group) is 1. The van der Waals surface area contributed by atoms with E-state index in [2.05, 4.69) is 4.37 Å². The van der Waals surface area contributed by atoms with Crippen LogP contribution < -0.4 is 10.6 Å². The number of carboxylic acid groups (broad SMARTS) is 1. The molecule has 7 heteroatoms. The molecule has 0 atom stereocenters. The van der Waals surface area contributed by atoms with E-state index < -0.39 is 11.5 Å². The summed E-state index contributed by atoms with van der Waals surface area (Å²) in [6, 6.07) is 0. The highest BCUT2D eigenvalue weighted by Crippen LogP contribution is 2.35. The second-order valence-corrected chi connectivity index (χ2v) is 5.38. The van der Waals surface area contributed by atoms with Crippen molar-refractivity contribution in [1.82, 2.24) is 4.37 Å². The summed E-state index contributed by atoms with van der Waals surface area (Å²) in [6.07, 6.45) is 2.23. The number of aromatic nitrogens is 1. The maximum atomic E-state index is 12.2. The number of anilines is 1. The highest BCUT2D eigenvalue weighted by Gasteiger charge is 2.43. The van der Waals surface area contributed by atoms with Crippen LogP contribution in [-0.4, -0.2) is 33.9 Å². The fraction of sp³-hybridized carbons (Fsp3) is 0.545. The molecule has 0 radical (unpaired) electrons. The first-order valence-corrected chi connectivity index (χ1v) is 6.41. The van der Waals surface area contributed by atoms with Gasteiger partial charge in [-0.15, -0.1) is 0 Å². The van der Waals surface area contributed by atoms with Gasteiger partial charge >= 0.3 is 5.97 Å². The Morgan fingerprint density at radius 3 is 2.56 bits per heavy atom. The lowest BCUT2D eigenvalue weighted by atomic mass is 9.76. The van der Waals surface area contributed by atoms with Crippen LogP contribution in [0.1, 0.15) is 35.3 Å². The summed E-state index contributed by atoms with van der Waals surface area (Å²) < 4.78 is 3.99. The molecule has 1 amide bonds. The fourth-order valence-electron chi connectivity index (χ4n) is 2.03. The summed E-state index contributed by atoms with van der Waals surface area (Å²) in [7, 11) is 1.55. The van der Waals surface area contributed by atoms with Crippen LogP contribution in [0.25, 0.3) is 0 Å². The van der Waals surface area contributed by atoms with E-state index in [-0.39, 0.29) is 11.5 Å². The van der Waals surface area contributed by atoms with Gasteiger partial charge in [-0.1, -0.05) is 0 Å². The number of hydrogen-bond acceptors (Lipinski definition) is 5. The van der Waals surface area contributed by atoms with Gasteiger partial charge < -0.3 is 15.7 Å². The van der Waals surface area contributed by atoms with E-state index in [0.717, 1.165) is 18.0 Å². The van der Waals surface area contributed by atoms with Gasteiger partial charge in [0.05, 0.1) is 11.2 Å². The zero-order valence-electron chi connectivity index (χ0n) is 10.3. The van der Waals surface area contributed by atoms with Crippen LogP contribution in [0.2, 0.25) is 0 Å². The lowest BCUT2D eigenvalue weighted by Gasteiger charge is -2.38. The Hall–Kier alpha value is -1.47. The number of nitrogens with two attached hydrogens (primary N) is 1. The predicted molar refractivity (Wildman–Crippen MR) is 68.0 cm³/mol. The molecule has 0 aliphatic heterocycles. The van der Waals surface area contributed by atoms with Crippen molar-refractivity contribution in [3.8, 4) is 0 Å². The van der Waals surface area contributed by atoms with Crippen LogP contribution in [-0.2, 0) is 4.79 Å². The molecule has 0 bridgehead atoms. The molecule has 2 rings (SSSR count). The van der Waals surface area contributed by atoms with Crippen molar-refractivity contribution >= 4 is 28.4 Å². The minimum absolute atomic E-state index is 0.0822. The zero-order chi connectivity index (χ0) is 13.5. The average Bonchev–Trinajstić information content (AvgIpc) is 2.66. The molecule has 1 aromatic heterocycles. The molecule has 3 N–H and O–H groups in total. The van der Waals surface area contributed by atoms with Gasteiger partial charge in [0.25, 0.3) is 0 Å². The van der Waals surface area contributed by atoms with Gasteiger partial charge in [-0.05, 0) is 37.7 Å². The van der Waals surface area contributed by atoms with Crippen molar-refractivity contribution in [1.29, 1.82) is 0 Å². The summed E-state index contributed by atoms with van der Waals surface area (Å²) in [5.74, 6) is -1.31. The Morgan fingerprint density at radius 2 is 2.11 bits per heavy atom. The topological polar surface area (TPSA) is 96.5 Å². The summed E-state index contributed by atoms with van der Waals surface area (Å²) in [5.41, 5.74) is 5.63. The molecule has 1 aliphatic carbocycles. The third-order valence-electron chi connectivity index (χ3n) is 3.34. The van der Waals surface area contributed by atoms with E-state index in [1.807, 2.05) is 0 Å². The largest absolute Gasteiger partial charge is 0.478 e. The molecule has 98 valence electrons. The van der Waals surface area contributed by atoms with Crippen molar-refractivity contribution in [3.05, 3.63) is 11.3 Å². The summed E-state index contributed by atoms with van der Waals surface area (Å²) in [5, 5.41) is 9.49. The number of hydrogen-bond donors (Lipinski definition) is 2. The van der Waals surface area contributed by atoms with Gasteiger partial charge in [-0.3, -0.25) is 4.79 Å². The monoisotopic (exact) mass is 269 g/mol. The number of amides is 1. The van der Waals surface area contributed by atoms with E-state index in [9.17, 15) is 9.59 Å². The van der Waals surface area contributed by atoms with Crippen molar-refractivity contribution in [2.45, 2.75) is 31.7 Å². The van der Waals surface area contributed by atoms with Crippen LogP contribution >= 0.6 is 11.5 Å². The van der Waals surface area contributed by atoms with Gasteiger partial charge in [0.15, 0.2) is 0 Å². The van der Waals surface area contributed by atoms with E-state index in [1.165, 1.54) is 4.90 Å². The molecule has 6 nitrogen and oxygen atoms in total. The first-order valence-electron chi connectivity index (χ1n) is 5.63. The van der Waals surface area contributed by atoms with Crippen molar-refractivity contribution in [2.75, 3.05) is 11.9 Å². The van der Waals surface area contributed by atoms with Gasteiger partial charge in [-0.2, -0.15) is 4.37 Å². The van der Waals surface area contributed by atoms with Crippen LogP contribution in [0.5, 0.6) is 0 Å². The van der Waals surface area contributed by atoms with E-state index in [0.29, 0.717) is 23.5 Å². The Bertz CT molecular complexity index is 508. The van der Waals surface area contributed by atoms with E-state index in [1.54, 1.807) is 14.0 Å². The van der Waals surface area contributed by atoms with Crippen LogP contribution in [0, 0.1) is 6.92 Å². The molecular formula is C11H15N3O3S. The minimum atomic E-state index is -1.07. The number of nitrogens with zero attached hydrogens (tertiary/aromatic N) is 2. The summed E-state index contributed by atoms with van der Waals surface area (Å²) >= 11 is 1.01. The Labute approximate surface area is 109 Å². The van der Waals surface area contributed by atoms with Crippen molar-refractivity contribution in [2.24, 2.45) is 5.73 Å².